The molecule has 0 amide bonds. The van der Waals surface area contributed by atoms with E-state index in [2.05, 4.69) is 41.7 Å². The fraction of sp³-hybridized carbons (Fsp3) is 0.700. The first-order chi connectivity index (χ1) is 11.8. The number of nitrogens with one attached hydrogen (secondary N) is 1. The maximum absolute atomic E-state index is 11.7. The molecule has 1 aromatic rings. The molecule has 5 heteroatoms. The van der Waals surface area contributed by atoms with Crippen LogP contribution in [0.15, 0.2) is 24.3 Å². The lowest BCUT2D eigenvalue weighted by molar-refractivity contribution is 0.136. The zero-order valence-electron chi connectivity index (χ0n) is 15.8. The van der Waals surface area contributed by atoms with Crippen LogP contribution in [0.1, 0.15) is 63.1 Å². The highest BCUT2D eigenvalue weighted by Gasteiger charge is 2.42. The zero-order chi connectivity index (χ0) is 18.1. The van der Waals surface area contributed by atoms with Gasteiger partial charge in [0.15, 0.2) is 0 Å². The van der Waals surface area contributed by atoms with Crippen LogP contribution in [-0.4, -0.2) is 39.2 Å². The Morgan fingerprint density at radius 1 is 1.20 bits per heavy atom. The molecule has 0 radical (unpaired) electrons. The van der Waals surface area contributed by atoms with Gasteiger partial charge in [0.2, 0.25) is 10.0 Å². The Morgan fingerprint density at radius 2 is 1.88 bits per heavy atom. The number of hydrogen-bond donors (Lipinski definition) is 1. The molecule has 2 aliphatic rings. The van der Waals surface area contributed by atoms with Crippen molar-refractivity contribution in [2.45, 2.75) is 57.4 Å². The molecule has 1 N–H and O–H groups in total. The predicted octanol–water partition coefficient (Wildman–Crippen LogP) is 3.45. The van der Waals surface area contributed by atoms with E-state index in [4.69, 9.17) is 0 Å². The highest BCUT2D eigenvalue weighted by atomic mass is 32.2. The van der Waals surface area contributed by atoms with Crippen LogP contribution >= 0.6 is 0 Å². The van der Waals surface area contributed by atoms with Crippen LogP contribution in [0, 0.1) is 5.92 Å². The second-order valence-corrected chi connectivity index (χ2v) is 10.2. The van der Waals surface area contributed by atoms with Gasteiger partial charge in [-0.2, -0.15) is 0 Å². The standard InChI is InChI=1S/C20H32N2O2S/c1-16(2)9-13-22-14-11-20(12-15-22)10-8-19(21-25(3,23)24)17-6-4-5-7-18(17)20/h4-7,16,19,21H,8-15H2,1-3H3/t19-/m0/s1. The van der Waals surface area contributed by atoms with Gasteiger partial charge in [0.25, 0.3) is 0 Å². The molecular formula is C20H32N2O2S. The summed E-state index contributed by atoms with van der Waals surface area (Å²) in [6, 6.07) is 8.41. The summed E-state index contributed by atoms with van der Waals surface area (Å²) in [5.74, 6) is 0.758. The van der Waals surface area contributed by atoms with E-state index in [1.807, 2.05) is 6.07 Å². The summed E-state index contributed by atoms with van der Waals surface area (Å²) in [4.78, 5) is 2.61. The van der Waals surface area contributed by atoms with Gasteiger partial charge in [0, 0.05) is 6.04 Å². The van der Waals surface area contributed by atoms with Gasteiger partial charge >= 0.3 is 0 Å². The second-order valence-electron chi connectivity index (χ2n) is 8.37. The molecule has 0 saturated carbocycles. The Bertz CT molecular complexity index is 691. The van der Waals surface area contributed by atoms with Crippen LogP contribution in [0.5, 0.6) is 0 Å². The van der Waals surface area contributed by atoms with Gasteiger partial charge in [-0.1, -0.05) is 38.1 Å². The number of nitrogens with zero attached hydrogens (tertiary/aromatic N) is 1. The molecule has 1 heterocycles. The van der Waals surface area contributed by atoms with Crippen LogP contribution in [0.4, 0.5) is 0 Å². The van der Waals surface area contributed by atoms with Crippen LogP contribution in [0.3, 0.4) is 0 Å². The molecule has 1 saturated heterocycles. The molecule has 0 unspecified atom stereocenters. The fourth-order valence-electron chi connectivity index (χ4n) is 4.54. The van der Waals surface area contributed by atoms with Gasteiger partial charge in [0.1, 0.15) is 0 Å². The van der Waals surface area contributed by atoms with Gasteiger partial charge in [-0.3, -0.25) is 0 Å². The Balaban J connectivity index is 1.76. The molecule has 0 aromatic heterocycles. The van der Waals surface area contributed by atoms with Crippen molar-refractivity contribution in [2.24, 2.45) is 5.92 Å². The van der Waals surface area contributed by atoms with Crippen molar-refractivity contribution < 1.29 is 8.42 Å². The first-order valence-electron chi connectivity index (χ1n) is 9.58. The van der Waals surface area contributed by atoms with E-state index in [1.165, 1.54) is 43.2 Å². The maximum atomic E-state index is 11.7. The highest BCUT2D eigenvalue weighted by molar-refractivity contribution is 7.88. The van der Waals surface area contributed by atoms with Crippen molar-refractivity contribution in [2.75, 3.05) is 25.9 Å². The Kier molecular flexibility index (Phi) is 5.57. The summed E-state index contributed by atoms with van der Waals surface area (Å²) in [5, 5.41) is 0. The Hall–Kier alpha value is -0.910. The predicted molar refractivity (Wildman–Crippen MR) is 103 cm³/mol. The topological polar surface area (TPSA) is 49.4 Å². The number of rotatable bonds is 5. The van der Waals surface area contributed by atoms with E-state index in [0.717, 1.165) is 31.8 Å². The Morgan fingerprint density at radius 3 is 2.52 bits per heavy atom. The number of benzene rings is 1. The highest BCUT2D eigenvalue weighted by Crippen LogP contribution is 2.48. The molecule has 25 heavy (non-hydrogen) atoms. The monoisotopic (exact) mass is 364 g/mol. The summed E-state index contributed by atoms with van der Waals surface area (Å²) >= 11 is 0. The van der Waals surface area contributed by atoms with Crippen molar-refractivity contribution in [3.05, 3.63) is 35.4 Å². The van der Waals surface area contributed by atoms with Gasteiger partial charge in [-0.25, -0.2) is 13.1 Å². The largest absolute Gasteiger partial charge is 0.303 e. The SMILES string of the molecule is CC(C)CCN1CCC2(CC[C@H](NS(C)(=O)=O)c3ccccc32)CC1. The van der Waals surface area contributed by atoms with Crippen LogP contribution in [0.2, 0.25) is 0 Å². The smallest absolute Gasteiger partial charge is 0.209 e. The average Bonchev–Trinajstić information content (AvgIpc) is 2.56. The van der Waals surface area contributed by atoms with Crippen LogP contribution < -0.4 is 4.72 Å². The molecule has 1 spiro atoms. The van der Waals surface area contributed by atoms with E-state index >= 15 is 0 Å². The van der Waals surface area contributed by atoms with E-state index in [9.17, 15) is 8.42 Å². The lowest BCUT2D eigenvalue weighted by atomic mass is 9.64. The number of piperidine rings is 1. The van der Waals surface area contributed by atoms with E-state index in [-0.39, 0.29) is 11.5 Å². The van der Waals surface area contributed by atoms with E-state index in [1.54, 1.807) is 0 Å². The molecule has 3 rings (SSSR count). The van der Waals surface area contributed by atoms with Crippen molar-refractivity contribution in [3.63, 3.8) is 0 Å². The first kappa shape index (κ1) is 18.9. The molecule has 1 aliphatic carbocycles. The number of fused-ring (bicyclic) bond motifs is 2. The fourth-order valence-corrected chi connectivity index (χ4v) is 5.30. The van der Waals surface area contributed by atoms with Gasteiger partial charge in [-0.05, 0) is 74.2 Å². The number of sulfonamides is 1. The van der Waals surface area contributed by atoms with Gasteiger partial charge in [-0.15, -0.1) is 0 Å². The molecule has 1 aromatic carbocycles. The lowest BCUT2D eigenvalue weighted by Crippen LogP contribution is -2.46. The summed E-state index contributed by atoms with van der Waals surface area (Å²) in [6.45, 7) is 8.10. The van der Waals surface area contributed by atoms with Crippen molar-refractivity contribution in [1.82, 2.24) is 9.62 Å². The lowest BCUT2D eigenvalue weighted by Gasteiger charge is -2.47. The molecule has 1 fully saturated rings. The van der Waals surface area contributed by atoms with Crippen molar-refractivity contribution in [3.8, 4) is 0 Å². The molecule has 140 valence electrons. The minimum Gasteiger partial charge on any atom is -0.303 e. The molecule has 4 nitrogen and oxygen atoms in total. The van der Waals surface area contributed by atoms with Gasteiger partial charge < -0.3 is 4.90 Å². The summed E-state index contributed by atoms with van der Waals surface area (Å²) in [7, 11) is -3.19. The summed E-state index contributed by atoms with van der Waals surface area (Å²) in [6.07, 6.45) is 6.88. The van der Waals surface area contributed by atoms with Crippen LogP contribution in [-0.2, 0) is 15.4 Å². The summed E-state index contributed by atoms with van der Waals surface area (Å²) < 4.78 is 26.3. The second kappa shape index (κ2) is 7.37. The van der Waals surface area contributed by atoms with E-state index in [0.29, 0.717) is 0 Å². The maximum Gasteiger partial charge on any atom is 0.209 e. The summed E-state index contributed by atoms with van der Waals surface area (Å²) in [5.41, 5.74) is 2.81. The van der Waals surface area contributed by atoms with Gasteiger partial charge in [0.05, 0.1) is 6.26 Å². The molecule has 1 aliphatic heterocycles. The average molecular weight is 365 g/mol. The molecular weight excluding hydrogens is 332 g/mol. The minimum absolute atomic E-state index is 0.0733. The third-order valence-electron chi connectivity index (χ3n) is 6.01. The van der Waals surface area contributed by atoms with E-state index < -0.39 is 10.0 Å². The molecule has 1 atom stereocenters. The van der Waals surface area contributed by atoms with Crippen LogP contribution in [0.25, 0.3) is 0 Å². The van der Waals surface area contributed by atoms with Crippen molar-refractivity contribution >= 4 is 10.0 Å². The Labute approximate surface area is 153 Å². The number of hydrogen-bond acceptors (Lipinski definition) is 3. The minimum atomic E-state index is -3.19. The number of likely N-dealkylation sites (tertiary alicyclic amines) is 1. The third kappa shape index (κ3) is 4.44. The quantitative estimate of drug-likeness (QED) is 0.870. The van der Waals surface area contributed by atoms with Crippen molar-refractivity contribution in [1.29, 1.82) is 0 Å². The zero-order valence-corrected chi connectivity index (χ0v) is 16.6. The third-order valence-corrected chi connectivity index (χ3v) is 6.72. The first-order valence-corrected chi connectivity index (χ1v) is 11.5. The molecule has 0 bridgehead atoms. The normalized spacial score (nSPS) is 23.8.